The van der Waals surface area contributed by atoms with Crippen molar-refractivity contribution < 1.29 is 0 Å². The van der Waals surface area contributed by atoms with Gasteiger partial charge in [0.15, 0.2) is 0 Å². The molecule has 29 heavy (non-hydrogen) atoms. The number of benzene rings is 1. The summed E-state index contributed by atoms with van der Waals surface area (Å²) in [4.78, 5) is 22.2. The van der Waals surface area contributed by atoms with Gasteiger partial charge in [-0.05, 0) is 27.4 Å². The number of fused-ring (bicyclic) bond motifs is 1. The molecule has 0 amide bonds. The monoisotopic (exact) mass is 438 g/mol. The first-order chi connectivity index (χ1) is 14.3. The molecule has 0 aliphatic rings. The molecular weight excluding hydrogens is 424 g/mol. The molecule has 1 aromatic carbocycles. The van der Waals surface area contributed by atoms with Gasteiger partial charge in [0.25, 0.3) is 5.56 Å². The van der Waals surface area contributed by atoms with E-state index < -0.39 is 0 Å². The first-order valence-electron chi connectivity index (χ1n) is 8.75. The van der Waals surface area contributed by atoms with Crippen molar-refractivity contribution in [1.29, 1.82) is 0 Å². The van der Waals surface area contributed by atoms with Gasteiger partial charge in [-0.1, -0.05) is 48.2 Å². The average Bonchev–Trinajstić information content (AvgIpc) is 3.49. The Morgan fingerprint density at radius 2 is 2.00 bits per heavy atom. The summed E-state index contributed by atoms with van der Waals surface area (Å²) in [7, 11) is 0. The Morgan fingerprint density at radius 1 is 1.10 bits per heavy atom. The lowest BCUT2D eigenvalue weighted by Gasteiger charge is -2.03. The zero-order valence-electron chi connectivity index (χ0n) is 15.0. The van der Waals surface area contributed by atoms with Gasteiger partial charge in [-0.3, -0.25) is 4.79 Å². The quantitative estimate of drug-likeness (QED) is 0.403. The molecule has 0 unspecified atom stereocenters. The summed E-state index contributed by atoms with van der Waals surface area (Å²) in [5, 5.41) is 17.3. The van der Waals surface area contributed by atoms with Crippen molar-refractivity contribution in [3.05, 3.63) is 74.3 Å². The highest BCUT2D eigenvalue weighted by atomic mass is 32.2. The van der Waals surface area contributed by atoms with Gasteiger partial charge in [0.05, 0.1) is 17.7 Å². The molecule has 0 aliphatic carbocycles. The van der Waals surface area contributed by atoms with E-state index in [2.05, 4.69) is 31.6 Å². The van der Waals surface area contributed by atoms with E-state index in [1.54, 1.807) is 16.0 Å². The summed E-state index contributed by atoms with van der Waals surface area (Å²) >= 11 is 4.60. The molecule has 0 fully saturated rings. The van der Waals surface area contributed by atoms with Crippen molar-refractivity contribution in [3.63, 3.8) is 0 Å². The first-order valence-corrected chi connectivity index (χ1v) is 11.5. The molecular formula is C19H14N6OS3. The first kappa shape index (κ1) is 18.2. The zero-order chi connectivity index (χ0) is 19.6. The summed E-state index contributed by atoms with van der Waals surface area (Å²) < 4.78 is 1.76. The summed E-state index contributed by atoms with van der Waals surface area (Å²) in [5.41, 5.74) is 1.81. The number of hydrogen-bond acceptors (Lipinski definition) is 8. The Balaban J connectivity index is 1.39. The van der Waals surface area contributed by atoms with Gasteiger partial charge in [-0.15, -0.1) is 27.8 Å². The highest BCUT2D eigenvalue weighted by Gasteiger charge is 2.14. The summed E-state index contributed by atoms with van der Waals surface area (Å²) in [6.45, 7) is 0.626. The molecule has 0 saturated heterocycles. The third kappa shape index (κ3) is 3.74. The maximum absolute atomic E-state index is 12.8. The Morgan fingerprint density at radius 3 is 2.83 bits per heavy atom. The fourth-order valence-corrected chi connectivity index (χ4v) is 5.37. The van der Waals surface area contributed by atoms with E-state index in [9.17, 15) is 4.79 Å². The second-order valence-electron chi connectivity index (χ2n) is 6.20. The smallest absolute Gasteiger partial charge is 0.260 e. The molecule has 5 rings (SSSR count). The Bertz CT molecular complexity index is 1310. The van der Waals surface area contributed by atoms with Crippen LogP contribution in [-0.2, 0) is 12.3 Å². The molecule has 1 N–H and O–H groups in total. The number of aromatic nitrogens is 6. The zero-order valence-corrected chi connectivity index (χ0v) is 17.4. The standard InChI is InChI=1S/C19H14N6OS3/c26-17-16-14(12-5-2-1-3-6-12)10-28-18(16)21-15(20-17)11-29-19-22-23-24-25(19)9-13-7-4-8-27-13/h1-8,10H,9,11H2,(H,20,21,26). The number of nitrogens with one attached hydrogen (secondary N) is 1. The predicted octanol–water partition coefficient (Wildman–Crippen LogP) is 4.04. The van der Waals surface area contributed by atoms with Crippen molar-refractivity contribution in [3.8, 4) is 11.1 Å². The minimum atomic E-state index is -0.121. The fraction of sp³-hybridized carbons (Fsp3) is 0.105. The number of rotatable bonds is 6. The van der Waals surface area contributed by atoms with Crippen LogP contribution >= 0.6 is 34.4 Å². The average molecular weight is 439 g/mol. The number of tetrazole rings is 1. The molecule has 0 aliphatic heterocycles. The van der Waals surface area contributed by atoms with E-state index in [-0.39, 0.29) is 5.56 Å². The number of thioether (sulfide) groups is 1. The van der Waals surface area contributed by atoms with E-state index in [1.807, 2.05) is 47.2 Å². The Kier molecular flexibility index (Phi) is 4.96. The molecule has 0 spiro atoms. The number of nitrogens with zero attached hydrogens (tertiary/aromatic N) is 5. The summed E-state index contributed by atoms with van der Waals surface area (Å²) in [6, 6.07) is 13.9. The molecule has 4 heterocycles. The van der Waals surface area contributed by atoms with Crippen LogP contribution < -0.4 is 5.56 Å². The van der Waals surface area contributed by atoms with Gasteiger partial charge in [0.1, 0.15) is 10.7 Å². The van der Waals surface area contributed by atoms with Crippen molar-refractivity contribution in [2.75, 3.05) is 0 Å². The minimum absolute atomic E-state index is 0.121. The van der Waals surface area contributed by atoms with Gasteiger partial charge < -0.3 is 4.98 Å². The normalized spacial score (nSPS) is 11.3. The number of aromatic amines is 1. The van der Waals surface area contributed by atoms with Crippen LogP contribution in [0.25, 0.3) is 21.3 Å². The van der Waals surface area contributed by atoms with Crippen molar-refractivity contribution in [2.24, 2.45) is 0 Å². The summed E-state index contributed by atoms with van der Waals surface area (Å²) in [5.74, 6) is 1.09. The summed E-state index contributed by atoms with van der Waals surface area (Å²) in [6.07, 6.45) is 0. The largest absolute Gasteiger partial charge is 0.309 e. The van der Waals surface area contributed by atoms with Crippen molar-refractivity contribution >= 4 is 44.7 Å². The van der Waals surface area contributed by atoms with E-state index in [4.69, 9.17) is 0 Å². The minimum Gasteiger partial charge on any atom is -0.309 e. The van der Waals surface area contributed by atoms with Crippen LogP contribution in [0.2, 0.25) is 0 Å². The van der Waals surface area contributed by atoms with E-state index in [0.717, 1.165) is 16.0 Å². The van der Waals surface area contributed by atoms with E-state index in [1.165, 1.54) is 28.0 Å². The lowest BCUT2D eigenvalue weighted by Crippen LogP contribution is -2.11. The highest BCUT2D eigenvalue weighted by Crippen LogP contribution is 2.31. The van der Waals surface area contributed by atoms with Crippen molar-refractivity contribution in [1.82, 2.24) is 30.2 Å². The molecule has 10 heteroatoms. The fourth-order valence-electron chi connectivity index (χ4n) is 2.97. The molecule has 0 bridgehead atoms. The number of H-pyrrole nitrogens is 1. The molecule has 7 nitrogen and oxygen atoms in total. The van der Waals surface area contributed by atoms with Crippen molar-refractivity contribution in [2.45, 2.75) is 17.5 Å². The lowest BCUT2D eigenvalue weighted by atomic mass is 10.1. The van der Waals surface area contributed by atoms with E-state index in [0.29, 0.717) is 28.7 Å². The van der Waals surface area contributed by atoms with Crippen LogP contribution in [0, 0.1) is 0 Å². The van der Waals surface area contributed by atoms with Gasteiger partial charge in [-0.25, -0.2) is 9.67 Å². The molecule has 144 valence electrons. The molecule has 0 saturated carbocycles. The Hall–Kier alpha value is -2.82. The van der Waals surface area contributed by atoms with E-state index >= 15 is 0 Å². The maximum Gasteiger partial charge on any atom is 0.260 e. The molecule has 0 atom stereocenters. The third-order valence-corrected chi connectivity index (χ3v) is 7.00. The van der Waals surface area contributed by atoms with Gasteiger partial charge in [0, 0.05) is 15.8 Å². The van der Waals surface area contributed by atoms with Gasteiger partial charge >= 0.3 is 0 Å². The lowest BCUT2D eigenvalue weighted by molar-refractivity contribution is 0.608. The molecule has 0 radical (unpaired) electrons. The van der Waals surface area contributed by atoms with Crippen LogP contribution in [0.1, 0.15) is 10.7 Å². The molecule has 4 aromatic heterocycles. The topological polar surface area (TPSA) is 89.4 Å². The Labute approximate surface area is 177 Å². The van der Waals surface area contributed by atoms with Gasteiger partial charge in [0.2, 0.25) is 5.16 Å². The van der Waals surface area contributed by atoms with Gasteiger partial charge in [-0.2, -0.15) is 0 Å². The third-order valence-electron chi connectivity index (χ3n) is 4.30. The maximum atomic E-state index is 12.8. The second-order valence-corrected chi connectivity index (χ2v) is 9.03. The van der Waals surface area contributed by atoms with Crippen LogP contribution in [0.5, 0.6) is 0 Å². The van der Waals surface area contributed by atoms with Crippen LogP contribution in [0.4, 0.5) is 0 Å². The number of hydrogen-bond donors (Lipinski definition) is 1. The predicted molar refractivity (Wildman–Crippen MR) is 116 cm³/mol. The van der Waals surface area contributed by atoms with Crippen LogP contribution in [-0.4, -0.2) is 30.2 Å². The van der Waals surface area contributed by atoms with Crippen LogP contribution in [0.15, 0.2) is 63.2 Å². The number of thiophene rings is 2. The highest BCUT2D eigenvalue weighted by molar-refractivity contribution is 7.98. The SMILES string of the molecule is O=c1[nH]c(CSc2nnnn2Cc2cccs2)nc2scc(-c3ccccc3)c12. The van der Waals surface area contributed by atoms with Crippen LogP contribution in [0.3, 0.4) is 0 Å². The molecule has 5 aromatic rings. The second kappa shape index (κ2) is 7.90.